The molecule has 0 saturated carbocycles. The molecule has 0 radical (unpaired) electrons. The molecule has 0 fully saturated rings. The van der Waals surface area contributed by atoms with Crippen LogP contribution in [-0.2, 0) is 13.0 Å². The Balaban J connectivity index is 1.83. The summed E-state index contributed by atoms with van der Waals surface area (Å²) < 4.78 is 0. The third kappa shape index (κ3) is 3.39. The third-order valence-electron chi connectivity index (χ3n) is 4.58. The van der Waals surface area contributed by atoms with Gasteiger partial charge in [-0.1, -0.05) is 31.2 Å². The lowest BCUT2D eigenvalue weighted by Gasteiger charge is -2.30. The molecule has 1 unspecified atom stereocenters. The molecule has 1 aromatic rings. The number of hydrogen-bond donors (Lipinski definition) is 1. The van der Waals surface area contributed by atoms with Crippen molar-refractivity contribution in [3.05, 3.63) is 35.4 Å². The molecular formula is C17H25N3. The van der Waals surface area contributed by atoms with E-state index in [2.05, 4.69) is 47.5 Å². The Morgan fingerprint density at radius 2 is 2.10 bits per heavy atom. The van der Waals surface area contributed by atoms with Crippen LogP contribution in [0, 0.1) is 11.3 Å². The molecule has 1 aliphatic rings. The van der Waals surface area contributed by atoms with Crippen molar-refractivity contribution in [2.45, 2.75) is 44.7 Å². The van der Waals surface area contributed by atoms with Gasteiger partial charge in [0, 0.05) is 13.1 Å². The molecule has 3 heteroatoms. The second-order valence-electron chi connectivity index (χ2n) is 5.70. The lowest BCUT2D eigenvalue weighted by atomic mass is 9.92. The summed E-state index contributed by atoms with van der Waals surface area (Å²) in [4.78, 5) is 2.51. The fourth-order valence-electron chi connectivity index (χ4n) is 3.02. The minimum atomic E-state index is -0.340. The molecule has 1 aromatic carbocycles. The van der Waals surface area contributed by atoms with E-state index in [1.807, 2.05) is 7.05 Å². The highest BCUT2D eigenvalue weighted by Gasteiger charge is 2.25. The van der Waals surface area contributed by atoms with Crippen LogP contribution in [0.25, 0.3) is 0 Å². The van der Waals surface area contributed by atoms with Gasteiger partial charge in [-0.3, -0.25) is 4.90 Å². The van der Waals surface area contributed by atoms with E-state index >= 15 is 0 Å². The quantitative estimate of drug-likeness (QED) is 0.864. The molecule has 3 nitrogen and oxygen atoms in total. The van der Waals surface area contributed by atoms with Crippen LogP contribution in [0.15, 0.2) is 24.3 Å². The summed E-state index contributed by atoms with van der Waals surface area (Å²) in [5.74, 6) is 0. The summed E-state index contributed by atoms with van der Waals surface area (Å²) in [6.45, 7) is 5.36. The first-order valence-corrected chi connectivity index (χ1v) is 7.62. The van der Waals surface area contributed by atoms with Crippen molar-refractivity contribution < 1.29 is 0 Å². The minimum absolute atomic E-state index is 0.340. The maximum atomic E-state index is 9.32. The lowest BCUT2D eigenvalue weighted by Crippen LogP contribution is -2.41. The minimum Gasteiger partial charge on any atom is -0.302 e. The van der Waals surface area contributed by atoms with E-state index in [1.165, 1.54) is 11.1 Å². The summed E-state index contributed by atoms with van der Waals surface area (Å²) >= 11 is 0. The molecule has 108 valence electrons. The van der Waals surface area contributed by atoms with Crippen LogP contribution in [0.5, 0.6) is 0 Å². The van der Waals surface area contributed by atoms with Crippen LogP contribution in [0.4, 0.5) is 0 Å². The van der Waals surface area contributed by atoms with E-state index in [4.69, 9.17) is 0 Å². The third-order valence-corrected chi connectivity index (χ3v) is 4.58. The maximum Gasteiger partial charge on any atom is 0.106 e. The van der Waals surface area contributed by atoms with E-state index < -0.39 is 0 Å². The lowest BCUT2D eigenvalue weighted by molar-refractivity contribution is 0.238. The van der Waals surface area contributed by atoms with E-state index in [1.54, 1.807) is 0 Å². The molecule has 2 rings (SSSR count). The number of nitrogens with one attached hydrogen (secondary N) is 1. The predicted octanol–water partition coefficient (Wildman–Crippen LogP) is 2.72. The first-order valence-electron chi connectivity index (χ1n) is 7.62. The fraction of sp³-hybridized carbons (Fsp3) is 0.588. The Bertz CT molecular complexity index is 471. The number of hydrogen-bond acceptors (Lipinski definition) is 3. The number of nitriles is 1. The monoisotopic (exact) mass is 271 g/mol. The maximum absolute atomic E-state index is 9.32. The normalized spacial score (nSPS) is 18.1. The molecule has 1 N–H and O–H groups in total. The zero-order valence-corrected chi connectivity index (χ0v) is 12.7. The van der Waals surface area contributed by atoms with Crippen LogP contribution in [0.1, 0.15) is 37.3 Å². The summed E-state index contributed by atoms with van der Waals surface area (Å²) in [5, 5.41) is 12.5. The SMILES string of the molecule is CCC(C#N)(CCCN1CCc2ccccc2C1)NC. The molecule has 0 saturated heterocycles. The highest BCUT2D eigenvalue weighted by Crippen LogP contribution is 2.20. The molecule has 1 atom stereocenters. The van der Waals surface area contributed by atoms with Gasteiger partial charge in [0.1, 0.15) is 5.54 Å². The van der Waals surface area contributed by atoms with E-state index in [-0.39, 0.29) is 5.54 Å². The van der Waals surface area contributed by atoms with Crippen LogP contribution in [0.2, 0.25) is 0 Å². The molecule has 20 heavy (non-hydrogen) atoms. The van der Waals surface area contributed by atoms with Gasteiger partial charge in [0.25, 0.3) is 0 Å². The van der Waals surface area contributed by atoms with Crippen LogP contribution >= 0.6 is 0 Å². The zero-order chi connectivity index (χ0) is 14.4. The average molecular weight is 271 g/mol. The summed E-state index contributed by atoms with van der Waals surface area (Å²) in [6.07, 6.45) is 4.02. The van der Waals surface area contributed by atoms with Crippen molar-refractivity contribution in [3.63, 3.8) is 0 Å². The van der Waals surface area contributed by atoms with Gasteiger partial charge in [-0.2, -0.15) is 5.26 Å². The van der Waals surface area contributed by atoms with Gasteiger partial charge in [-0.15, -0.1) is 0 Å². The zero-order valence-electron chi connectivity index (χ0n) is 12.7. The predicted molar refractivity (Wildman–Crippen MR) is 82.4 cm³/mol. The van der Waals surface area contributed by atoms with E-state index in [9.17, 15) is 5.26 Å². The van der Waals surface area contributed by atoms with Gasteiger partial charge in [0.2, 0.25) is 0 Å². The molecule has 0 spiro atoms. The van der Waals surface area contributed by atoms with Crippen molar-refractivity contribution in [2.24, 2.45) is 0 Å². The van der Waals surface area contributed by atoms with Crippen molar-refractivity contribution in [1.82, 2.24) is 10.2 Å². The van der Waals surface area contributed by atoms with E-state index in [0.29, 0.717) is 0 Å². The Hall–Kier alpha value is -1.37. The number of benzene rings is 1. The van der Waals surface area contributed by atoms with Gasteiger partial charge in [-0.25, -0.2) is 0 Å². The van der Waals surface area contributed by atoms with Gasteiger partial charge in [0.15, 0.2) is 0 Å². The van der Waals surface area contributed by atoms with Crippen LogP contribution in [0.3, 0.4) is 0 Å². The molecular weight excluding hydrogens is 246 g/mol. The Kier molecular flexibility index (Phi) is 5.17. The molecule has 0 bridgehead atoms. The topological polar surface area (TPSA) is 39.1 Å². The summed E-state index contributed by atoms with van der Waals surface area (Å²) in [5.41, 5.74) is 2.63. The number of rotatable bonds is 6. The standard InChI is InChI=1S/C17H25N3/c1-3-17(14-18,19-2)10-6-11-20-12-9-15-7-4-5-8-16(15)13-20/h4-5,7-8,19H,3,6,9-13H2,1-2H3. The summed E-state index contributed by atoms with van der Waals surface area (Å²) in [6, 6.07) is 11.2. The number of nitrogens with zero attached hydrogens (tertiary/aromatic N) is 2. The first-order chi connectivity index (χ1) is 9.73. The van der Waals surface area contributed by atoms with Crippen LogP contribution in [-0.4, -0.2) is 30.6 Å². The Morgan fingerprint density at radius 3 is 2.75 bits per heavy atom. The van der Waals surface area contributed by atoms with Gasteiger partial charge >= 0.3 is 0 Å². The largest absolute Gasteiger partial charge is 0.302 e. The Morgan fingerprint density at radius 1 is 1.35 bits per heavy atom. The van der Waals surface area contributed by atoms with E-state index in [0.717, 1.165) is 45.3 Å². The van der Waals surface area contributed by atoms with Crippen molar-refractivity contribution in [2.75, 3.05) is 20.1 Å². The van der Waals surface area contributed by atoms with Crippen molar-refractivity contribution in [1.29, 1.82) is 5.26 Å². The molecule has 1 heterocycles. The van der Waals surface area contributed by atoms with Gasteiger partial charge in [-0.05, 0) is 50.4 Å². The number of fused-ring (bicyclic) bond motifs is 1. The first kappa shape index (κ1) is 15.0. The fourth-order valence-corrected chi connectivity index (χ4v) is 3.02. The molecule has 0 aliphatic carbocycles. The summed E-state index contributed by atoms with van der Waals surface area (Å²) in [7, 11) is 1.89. The van der Waals surface area contributed by atoms with Crippen molar-refractivity contribution in [3.8, 4) is 6.07 Å². The molecule has 1 aliphatic heterocycles. The second kappa shape index (κ2) is 6.88. The van der Waals surface area contributed by atoms with Crippen molar-refractivity contribution >= 4 is 0 Å². The molecule has 0 amide bonds. The highest BCUT2D eigenvalue weighted by atomic mass is 15.1. The smallest absolute Gasteiger partial charge is 0.106 e. The Labute approximate surface area is 122 Å². The average Bonchev–Trinajstić information content (AvgIpc) is 2.52. The molecule has 0 aromatic heterocycles. The van der Waals surface area contributed by atoms with Gasteiger partial charge in [0.05, 0.1) is 6.07 Å². The highest BCUT2D eigenvalue weighted by molar-refractivity contribution is 5.29. The van der Waals surface area contributed by atoms with Crippen LogP contribution < -0.4 is 5.32 Å². The van der Waals surface area contributed by atoms with Gasteiger partial charge < -0.3 is 5.32 Å². The second-order valence-corrected chi connectivity index (χ2v) is 5.70.